The van der Waals surface area contributed by atoms with Crippen LogP contribution in [-0.4, -0.2) is 51.1 Å². The van der Waals surface area contributed by atoms with Gasteiger partial charge in [-0.05, 0) is 45.4 Å². The predicted molar refractivity (Wildman–Crippen MR) is 146 cm³/mol. The first-order valence-corrected chi connectivity index (χ1v) is 12.5. The van der Waals surface area contributed by atoms with Gasteiger partial charge in [0.05, 0.1) is 22.4 Å². The highest BCUT2D eigenvalue weighted by molar-refractivity contribution is 6.17. The van der Waals surface area contributed by atoms with Gasteiger partial charge in [-0.3, -0.25) is 24.8 Å². The molecule has 1 amide bonds. The van der Waals surface area contributed by atoms with Gasteiger partial charge in [-0.15, -0.1) is 0 Å². The van der Waals surface area contributed by atoms with Crippen molar-refractivity contribution < 1.29 is 19.6 Å². The fourth-order valence-electron chi connectivity index (χ4n) is 4.68. The van der Waals surface area contributed by atoms with Crippen LogP contribution in [0, 0.1) is 17.0 Å². The van der Waals surface area contributed by atoms with Crippen molar-refractivity contribution >= 4 is 29.0 Å². The lowest BCUT2D eigenvalue weighted by Crippen LogP contribution is -2.39. The molecule has 9 heteroatoms. The van der Waals surface area contributed by atoms with Gasteiger partial charge < -0.3 is 10.4 Å². The number of carboxylic acids is 1. The molecule has 3 aromatic carbocycles. The third-order valence-corrected chi connectivity index (χ3v) is 6.64. The summed E-state index contributed by atoms with van der Waals surface area (Å²) < 4.78 is 0. The van der Waals surface area contributed by atoms with Crippen LogP contribution in [0.3, 0.4) is 0 Å². The molecule has 1 fully saturated rings. The number of anilines is 1. The number of amides is 1. The molecule has 0 saturated carbocycles. The van der Waals surface area contributed by atoms with Gasteiger partial charge in [0.25, 0.3) is 5.69 Å². The summed E-state index contributed by atoms with van der Waals surface area (Å²) >= 11 is 0. The number of nitro groups is 1. The Morgan fingerprint density at radius 1 is 1.13 bits per heavy atom. The molecule has 1 aliphatic heterocycles. The number of nitrogens with zero attached hydrogens (tertiary/aromatic N) is 3. The molecule has 4 rings (SSSR count). The van der Waals surface area contributed by atoms with Gasteiger partial charge in [-0.2, -0.15) is 0 Å². The molecule has 3 aromatic rings. The summed E-state index contributed by atoms with van der Waals surface area (Å²) in [4.78, 5) is 42.7. The highest BCUT2D eigenvalue weighted by atomic mass is 16.6. The maximum absolute atomic E-state index is 13.5. The molecule has 1 unspecified atom stereocenters. The second-order valence-electron chi connectivity index (χ2n) is 9.41. The fraction of sp³-hybridized carbons (Fsp3) is 0.276. The van der Waals surface area contributed by atoms with Gasteiger partial charge in [0, 0.05) is 29.3 Å². The molecule has 0 bridgehead atoms. The van der Waals surface area contributed by atoms with E-state index in [2.05, 4.69) is 10.3 Å². The minimum atomic E-state index is -1.05. The number of hydrogen-bond acceptors (Lipinski definition) is 6. The summed E-state index contributed by atoms with van der Waals surface area (Å²) in [6, 6.07) is 20.0. The third-order valence-electron chi connectivity index (χ3n) is 6.64. The largest absolute Gasteiger partial charge is 0.480 e. The number of carbonyl (C=O) groups is 2. The fourth-order valence-corrected chi connectivity index (χ4v) is 4.68. The number of likely N-dealkylation sites (tertiary alicyclic amines) is 1. The average molecular weight is 515 g/mol. The van der Waals surface area contributed by atoms with Crippen LogP contribution in [0.4, 0.5) is 11.4 Å². The topological polar surface area (TPSA) is 125 Å². The zero-order valence-electron chi connectivity index (χ0n) is 21.3. The van der Waals surface area contributed by atoms with Crippen molar-refractivity contribution in [2.45, 2.75) is 45.3 Å². The molecule has 1 heterocycles. The lowest BCUT2D eigenvalue weighted by Gasteiger charge is -2.24. The number of benzene rings is 3. The monoisotopic (exact) mass is 514 g/mol. The summed E-state index contributed by atoms with van der Waals surface area (Å²) in [5.74, 6) is -1.27. The Bertz CT molecular complexity index is 1370. The molecule has 1 aliphatic rings. The quantitative estimate of drug-likeness (QED) is 0.240. The van der Waals surface area contributed by atoms with Crippen LogP contribution >= 0.6 is 0 Å². The Balaban J connectivity index is 1.64. The number of aliphatic carboxylic acids is 1. The Labute approximate surface area is 221 Å². The van der Waals surface area contributed by atoms with Crippen molar-refractivity contribution in [1.29, 1.82) is 0 Å². The standard InChI is InChI=1S/C29H30N4O5/c1-19-14-15-24(23(17-19)27(30-20(2)29(35)36)21-9-4-3-5-10-21)31-28(34)26-13-8-16-32(26)18-22-11-6-7-12-25(22)33(37)38/h3-7,9-12,14-15,17,20,26H,8,13,16,18H2,1-2H3,(H,31,34)(H,35,36)/t20-,26?/m1/s1. The summed E-state index contributed by atoms with van der Waals surface area (Å²) in [5.41, 5.74) is 3.90. The molecule has 0 aliphatic carbocycles. The van der Waals surface area contributed by atoms with Gasteiger partial charge in [-0.25, -0.2) is 4.79 Å². The van der Waals surface area contributed by atoms with Crippen LogP contribution in [-0.2, 0) is 16.1 Å². The maximum atomic E-state index is 13.5. The van der Waals surface area contributed by atoms with Crippen molar-refractivity contribution in [3.8, 4) is 0 Å². The van der Waals surface area contributed by atoms with E-state index in [1.165, 1.54) is 13.0 Å². The molecule has 2 N–H and O–H groups in total. The van der Waals surface area contributed by atoms with Crippen LogP contribution in [0.2, 0.25) is 0 Å². The lowest BCUT2D eigenvalue weighted by molar-refractivity contribution is -0.385. The zero-order chi connectivity index (χ0) is 27.2. The van der Waals surface area contributed by atoms with Crippen molar-refractivity contribution in [2.75, 3.05) is 11.9 Å². The SMILES string of the molecule is Cc1ccc(NC(=O)C2CCCN2Cc2ccccc2[N+](=O)[O-])c(C(=N[C@H](C)C(=O)O)c2ccccc2)c1. The van der Waals surface area contributed by atoms with E-state index in [-0.39, 0.29) is 11.6 Å². The third kappa shape index (κ3) is 6.12. The Morgan fingerprint density at radius 3 is 2.55 bits per heavy atom. The number of rotatable bonds is 9. The van der Waals surface area contributed by atoms with Crippen LogP contribution in [0.1, 0.15) is 42.0 Å². The Kier molecular flexibility index (Phi) is 8.28. The van der Waals surface area contributed by atoms with E-state index in [0.29, 0.717) is 42.0 Å². The molecule has 2 atom stereocenters. The predicted octanol–water partition coefficient (Wildman–Crippen LogP) is 4.82. The van der Waals surface area contributed by atoms with Crippen molar-refractivity contribution in [3.05, 3.63) is 105 Å². The Morgan fingerprint density at radius 2 is 1.84 bits per heavy atom. The maximum Gasteiger partial charge on any atom is 0.328 e. The van der Waals surface area contributed by atoms with Gasteiger partial charge in [0.15, 0.2) is 0 Å². The molecule has 0 radical (unpaired) electrons. The number of nitrogens with one attached hydrogen (secondary N) is 1. The number of hydrogen-bond donors (Lipinski definition) is 2. The first-order chi connectivity index (χ1) is 18.2. The normalized spacial score (nSPS) is 16.7. The van der Waals surface area contributed by atoms with E-state index in [4.69, 9.17) is 0 Å². The number of carboxylic acid groups (broad SMARTS) is 1. The van der Waals surface area contributed by atoms with Crippen LogP contribution in [0.15, 0.2) is 77.8 Å². The zero-order valence-corrected chi connectivity index (χ0v) is 21.3. The second kappa shape index (κ2) is 11.8. The van der Waals surface area contributed by atoms with Gasteiger partial charge >= 0.3 is 5.97 Å². The molecule has 0 spiro atoms. The van der Waals surface area contributed by atoms with Crippen LogP contribution in [0.25, 0.3) is 0 Å². The highest BCUT2D eigenvalue weighted by Gasteiger charge is 2.32. The number of carbonyl (C=O) groups excluding carboxylic acids is 1. The smallest absolute Gasteiger partial charge is 0.328 e. The molecule has 196 valence electrons. The van der Waals surface area contributed by atoms with Gasteiger partial charge in [0.1, 0.15) is 6.04 Å². The number of aryl methyl sites for hydroxylation is 1. The van der Waals surface area contributed by atoms with E-state index in [0.717, 1.165) is 17.5 Å². The number of para-hydroxylation sites is 1. The molecule has 9 nitrogen and oxygen atoms in total. The van der Waals surface area contributed by atoms with E-state index in [1.807, 2.05) is 54.3 Å². The molecule has 38 heavy (non-hydrogen) atoms. The summed E-state index contributed by atoms with van der Waals surface area (Å²) in [7, 11) is 0. The minimum absolute atomic E-state index is 0.0376. The molecule has 1 saturated heterocycles. The van der Waals surface area contributed by atoms with E-state index in [9.17, 15) is 24.8 Å². The van der Waals surface area contributed by atoms with Gasteiger partial charge in [0.2, 0.25) is 5.91 Å². The van der Waals surface area contributed by atoms with E-state index < -0.39 is 23.0 Å². The van der Waals surface area contributed by atoms with Crippen molar-refractivity contribution in [3.63, 3.8) is 0 Å². The highest BCUT2D eigenvalue weighted by Crippen LogP contribution is 2.28. The van der Waals surface area contributed by atoms with Crippen molar-refractivity contribution in [1.82, 2.24) is 4.90 Å². The Hall–Kier alpha value is -4.37. The summed E-state index contributed by atoms with van der Waals surface area (Å²) in [6.07, 6.45) is 1.43. The lowest BCUT2D eigenvalue weighted by atomic mass is 9.98. The first kappa shape index (κ1) is 26.7. The number of nitro benzene ring substituents is 1. The number of aliphatic imine (C=N–C) groups is 1. The van der Waals surface area contributed by atoms with Crippen LogP contribution in [0.5, 0.6) is 0 Å². The molecule has 0 aromatic heterocycles. The second-order valence-corrected chi connectivity index (χ2v) is 9.41. The van der Waals surface area contributed by atoms with Crippen molar-refractivity contribution in [2.24, 2.45) is 4.99 Å². The van der Waals surface area contributed by atoms with E-state index in [1.54, 1.807) is 24.3 Å². The molecular formula is C29H30N4O5. The first-order valence-electron chi connectivity index (χ1n) is 12.5. The molecular weight excluding hydrogens is 484 g/mol. The minimum Gasteiger partial charge on any atom is -0.480 e. The summed E-state index contributed by atoms with van der Waals surface area (Å²) in [6.45, 7) is 4.38. The summed E-state index contributed by atoms with van der Waals surface area (Å²) in [5, 5.41) is 24.0. The van der Waals surface area contributed by atoms with Crippen LogP contribution < -0.4 is 5.32 Å². The van der Waals surface area contributed by atoms with Gasteiger partial charge in [-0.1, -0.05) is 60.2 Å². The average Bonchev–Trinajstić information content (AvgIpc) is 3.37. The van der Waals surface area contributed by atoms with E-state index >= 15 is 0 Å².